The standard InChI is InChI=1S/C18H20ClN3O2/c1-13-16(8-9-17(20-13)22-10-2-3-11-22)21-18(23)12-24-15-6-4-14(19)5-7-15/h4-9H,2-3,10-12H2,1H3,(H,21,23). The first kappa shape index (κ1) is 16.6. The Bertz CT molecular complexity index is 713. The Morgan fingerprint density at radius 3 is 2.58 bits per heavy atom. The molecule has 1 fully saturated rings. The van der Waals surface area contributed by atoms with Gasteiger partial charge >= 0.3 is 0 Å². The van der Waals surface area contributed by atoms with E-state index in [0.29, 0.717) is 16.5 Å². The van der Waals surface area contributed by atoms with Crippen molar-refractivity contribution in [1.29, 1.82) is 0 Å². The highest BCUT2D eigenvalue weighted by Crippen LogP contribution is 2.22. The maximum atomic E-state index is 12.0. The zero-order valence-corrected chi connectivity index (χ0v) is 14.3. The van der Waals surface area contributed by atoms with E-state index in [9.17, 15) is 4.79 Å². The summed E-state index contributed by atoms with van der Waals surface area (Å²) in [5.41, 5.74) is 1.52. The summed E-state index contributed by atoms with van der Waals surface area (Å²) < 4.78 is 5.44. The predicted octanol–water partition coefficient (Wildman–Crippen LogP) is 3.66. The van der Waals surface area contributed by atoms with Crippen LogP contribution in [0.4, 0.5) is 11.5 Å². The summed E-state index contributed by atoms with van der Waals surface area (Å²) in [6.07, 6.45) is 2.42. The van der Waals surface area contributed by atoms with Gasteiger partial charge in [-0.15, -0.1) is 0 Å². The molecule has 0 spiro atoms. The number of amides is 1. The zero-order chi connectivity index (χ0) is 16.9. The molecular weight excluding hydrogens is 326 g/mol. The maximum Gasteiger partial charge on any atom is 0.262 e. The molecular formula is C18H20ClN3O2. The lowest BCUT2D eigenvalue weighted by Crippen LogP contribution is -2.22. The average Bonchev–Trinajstić information content (AvgIpc) is 3.11. The Morgan fingerprint density at radius 1 is 1.21 bits per heavy atom. The van der Waals surface area contributed by atoms with Crippen LogP contribution in [0.15, 0.2) is 36.4 Å². The minimum Gasteiger partial charge on any atom is -0.484 e. The molecule has 0 aliphatic carbocycles. The van der Waals surface area contributed by atoms with Crippen LogP contribution in [0.2, 0.25) is 5.02 Å². The molecule has 0 radical (unpaired) electrons. The molecule has 2 aromatic rings. The van der Waals surface area contributed by atoms with Crippen LogP contribution in [0, 0.1) is 6.92 Å². The van der Waals surface area contributed by atoms with E-state index in [1.165, 1.54) is 12.8 Å². The van der Waals surface area contributed by atoms with Gasteiger partial charge in [0.1, 0.15) is 11.6 Å². The number of hydrogen-bond acceptors (Lipinski definition) is 4. The van der Waals surface area contributed by atoms with Crippen LogP contribution in [-0.4, -0.2) is 30.6 Å². The highest BCUT2D eigenvalue weighted by Gasteiger charge is 2.15. The number of anilines is 2. The van der Waals surface area contributed by atoms with Crippen LogP contribution in [0.25, 0.3) is 0 Å². The molecule has 1 N–H and O–H groups in total. The Balaban J connectivity index is 1.56. The molecule has 1 aromatic heterocycles. The van der Waals surface area contributed by atoms with Gasteiger partial charge in [0.25, 0.3) is 5.91 Å². The number of carbonyl (C=O) groups excluding carboxylic acids is 1. The lowest BCUT2D eigenvalue weighted by molar-refractivity contribution is -0.118. The fourth-order valence-corrected chi connectivity index (χ4v) is 2.79. The number of nitrogens with zero attached hydrogens (tertiary/aromatic N) is 2. The van der Waals surface area contributed by atoms with Crippen molar-refractivity contribution in [2.45, 2.75) is 19.8 Å². The number of pyridine rings is 1. The summed E-state index contributed by atoms with van der Waals surface area (Å²) >= 11 is 5.81. The molecule has 0 unspecified atom stereocenters. The van der Waals surface area contributed by atoms with E-state index < -0.39 is 0 Å². The first-order chi connectivity index (χ1) is 11.6. The monoisotopic (exact) mass is 345 g/mol. The summed E-state index contributed by atoms with van der Waals surface area (Å²) in [5.74, 6) is 1.36. The summed E-state index contributed by atoms with van der Waals surface area (Å²) in [7, 11) is 0. The lowest BCUT2D eigenvalue weighted by atomic mass is 10.3. The van der Waals surface area contributed by atoms with Crippen molar-refractivity contribution >= 4 is 29.0 Å². The average molecular weight is 346 g/mol. The first-order valence-electron chi connectivity index (χ1n) is 8.02. The number of halogens is 1. The van der Waals surface area contributed by atoms with Crippen molar-refractivity contribution in [2.75, 3.05) is 29.9 Å². The summed E-state index contributed by atoms with van der Waals surface area (Å²) in [5, 5.41) is 3.47. The number of nitrogens with one attached hydrogen (secondary N) is 1. The first-order valence-corrected chi connectivity index (χ1v) is 8.40. The predicted molar refractivity (Wildman–Crippen MR) is 96.0 cm³/mol. The van der Waals surface area contributed by atoms with Crippen molar-refractivity contribution in [3.8, 4) is 5.75 Å². The number of carbonyl (C=O) groups is 1. The van der Waals surface area contributed by atoms with Crippen molar-refractivity contribution < 1.29 is 9.53 Å². The lowest BCUT2D eigenvalue weighted by Gasteiger charge is -2.18. The van der Waals surface area contributed by atoms with Gasteiger partial charge in [0.15, 0.2) is 6.61 Å². The molecule has 5 nitrogen and oxygen atoms in total. The summed E-state index contributed by atoms with van der Waals surface area (Å²) in [6.45, 7) is 3.93. The number of aryl methyl sites for hydroxylation is 1. The van der Waals surface area contributed by atoms with Gasteiger partial charge in [-0.25, -0.2) is 4.98 Å². The van der Waals surface area contributed by atoms with Crippen LogP contribution in [0.3, 0.4) is 0 Å². The van der Waals surface area contributed by atoms with Crippen molar-refractivity contribution in [1.82, 2.24) is 4.98 Å². The van der Waals surface area contributed by atoms with E-state index in [-0.39, 0.29) is 12.5 Å². The summed E-state index contributed by atoms with van der Waals surface area (Å²) in [4.78, 5) is 18.9. The van der Waals surface area contributed by atoms with Crippen LogP contribution in [-0.2, 0) is 4.79 Å². The van der Waals surface area contributed by atoms with Gasteiger partial charge in [0, 0.05) is 18.1 Å². The van der Waals surface area contributed by atoms with Crippen molar-refractivity contribution in [2.24, 2.45) is 0 Å². The molecule has 0 bridgehead atoms. The van der Waals surface area contributed by atoms with Crippen molar-refractivity contribution in [3.63, 3.8) is 0 Å². The summed E-state index contributed by atoms with van der Waals surface area (Å²) in [6, 6.07) is 10.8. The Hall–Kier alpha value is -2.27. The normalized spacial score (nSPS) is 13.8. The second kappa shape index (κ2) is 7.53. The fraction of sp³-hybridized carbons (Fsp3) is 0.333. The molecule has 24 heavy (non-hydrogen) atoms. The highest BCUT2D eigenvalue weighted by atomic mass is 35.5. The van der Waals surface area contributed by atoms with Crippen LogP contribution in [0.5, 0.6) is 5.75 Å². The van der Waals surface area contributed by atoms with E-state index in [4.69, 9.17) is 16.3 Å². The van der Waals surface area contributed by atoms with Gasteiger partial charge in [-0.1, -0.05) is 11.6 Å². The van der Waals surface area contributed by atoms with E-state index in [2.05, 4.69) is 15.2 Å². The minimum atomic E-state index is -0.219. The fourth-order valence-electron chi connectivity index (χ4n) is 2.67. The Kier molecular flexibility index (Phi) is 5.20. The molecule has 1 saturated heterocycles. The third kappa shape index (κ3) is 4.17. The van der Waals surface area contributed by atoms with E-state index in [1.807, 2.05) is 19.1 Å². The van der Waals surface area contributed by atoms with Gasteiger partial charge in [-0.05, 0) is 56.2 Å². The van der Waals surface area contributed by atoms with Crippen LogP contribution < -0.4 is 15.0 Å². The highest BCUT2D eigenvalue weighted by molar-refractivity contribution is 6.30. The third-order valence-electron chi connectivity index (χ3n) is 3.96. The number of rotatable bonds is 5. The smallest absolute Gasteiger partial charge is 0.262 e. The molecule has 0 saturated carbocycles. The van der Waals surface area contributed by atoms with E-state index >= 15 is 0 Å². The number of hydrogen-bond donors (Lipinski definition) is 1. The second-order valence-electron chi connectivity index (χ2n) is 5.79. The molecule has 6 heteroatoms. The van der Waals surface area contributed by atoms with Gasteiger partial charge in [0.05, 0.1) is 11.4 Å². The quantitative estimate of drug-likeness (QED) is 0.898. The molecule has 126 valence electrons. The zero-order valence-electron chi connectivity index (χ0n) is 13.6. The topological polar surface area (TPSA) is 54.5 Å². The van der Waals surface area contributed by atoms with Crippen LogP contribution in [0.1, 0.15) is 18.5 Å². The van der Waals surface area contributed by atoms with Gasteiger partial charge < -0.3 is 15.0 Å². The van der Waals surface area contributed by atoms with E-state index in [1.54, 1.807) is 24.3 Å². The minimum absolute atomic E-state index is 0.0606. The molecule has 1 aromatic carbocycles. The third-order valence-corrected chi connectivity index (χ3v) is 4.21. The Labute approximate surface area is 146 Å². The molecule has 1 amide bonds. The molecule has 3 rings (SSSR count). The molecule has 1 aliphatic rings. The number of ether oxygens (including phenoxy) is 1. The van der Waals surface area contributed by atoms with Gasteiger partial charge in [-0.2, -0.15) is 0 Å². The number of benzene rings is 1. The largest absolute Gasteiger partial charge is 0.484 e. The number of aromatic nitrogens is 1. The van der Waals surface area contributed by atoms with E-state index in [0.717, 1.165) is 24.6 Å². The van der Waals surface area contributed by atoms with Gasteiger partial charge in [0.2, 0.25) is 0 Å². The molecule has 2 heterocycles. The SMILES string of the molecule is Cc1nc(N2CCCC2)ccc1NC(=O)COc1ccc(Cl)cc1. The molecule has 0 atom stereocenters. The molecule has 1 aliphatic heterocycles. The maximum absolute atomic E-state index is 12.0. The second-order valence-corrected chi connectivity index (χ2v) is 6.22. The van der Waals surface area contributed by atoms with Crippen LogP contribution >= 0.6 is 11.6 Å². The van der Waals surface area contributed by atoms with Gasteiger partial charge in [-0.3, -0.25) is 4.79 Å². The van der Waals surface area contributed by atoms with Crippen molar-refractivity contribution in [3.05, 3.63) is 47.1 Å². The Morgan fingerprint density at radius 2 is 1.92 bits per heavy atom.